The van der Waals surface area contributed by atoms with E-state index in [4.69, 9.17) is 36.0 Å². The summed E-state index contributed by atoms with van der Waals surface area (Å²) in [5, 5.41) is 19.7. The first-order valence-corrected chi connectivity index (χ1v) is 14.6. The van der Waals surface area contributed by atoms with Crippen molar-refractivity contribution in [1.29, 1.82) is 0 Å². The van der Waals surface area contributed by atoms with Gasteiger partial charge < -0.3 is 34.6 Å². The van der Waals surface area contributed by atoms with Gasteiger partial charge in [0.05, 0.1) is 26.4 Å². The number of ether oxygens (including phenoxy) is 3. The van der Waals surface area contributed by atoms with Gasteiger partial charge in [-0.1, -0.05) is 35.9 Å². The maximum absolute atomic E-state index is 11.4. The topological polar surface area (TPSA) is 135 Å². The number of benzene rings is 2. The van der Waals surface area contributed by atoms with Crippen LogP contribution >= 0.6 is 11.6 Å². The predicted octanol–water partition coefficient (Wildman–Crippen LogP) is 4.94. The number of carboxylic acids is 2. The number of carbonyl (C=O) groups excluding carboxylic acids is 1. The first-order chi connectivity index (χ1) is 20.8. The minimum absolute atomic E-state index is 0.296. The highest BCUT2D eigenvalue weighted by molar-refractivity contribution is 6.30. The van der Waals surface area contributed by atoms with Crippen LogP contribution in [0.2, 0.25) is 5.02 Å². The lowest BCUT2D eigenvalue weighted by Crippen LogP contribution is -2.22. The third kappa shape index (κ3) is 13.4. The average molecular weight is 617 g/mol. The molecule has 0 spiro atoms. The summed E-state index contributed by atoms with van der Waals surface area (Å²) in [6, 6.07) is 12.7. The fourth-order valence-electron chi connectivity index (χ4n) is 4.45. The molecule has 0 atom stereocenters. The Kier molecular flexibility index (Phi) is 16.7. The zero-order valence-electron chi connectivity index (χ0n) is 24.7. The Morgan fingerprint density at radius 2 is 1.77 bits per heavy atom. The third-order valence-corrected chi connectivity index (χ3v) is 6.60. The fourth-order valence-corrected chi connectivity index (χ4v) is 4.61. The van der Waals surface area contributed by atoms with Crippen molar-refractivity contribution in [2.45, 2.75) is 39.2 Å². The van der Waals surface area contributed by atoms with Crippen molar-refractivity contribution in [3.05, 3.63) is 82.4 Å². The highest BCUT2D eigenvalue weighted by atomic mass is 35.5. The highest BCUT2D eigenvalue weighted by Crippen LogP contribution is 2.39. The summed E-state index contributed by atoms with van der Waals surface area (Å²) in [6.45, 7) is 6.39. The van der Waals surface area contributed by atoms with Crippen molar-refractivity contribution in [2.75, 3.05) is 51.5 Å². The second-order valence-corrected chi connectivity index (χ2v) is 9.90. The molecule has 0 unspecified atom stereocenters. The van der Waals surface area contributed by atoms with Crippen LogP contribution in [-0.4, -0.2) is 74.7 Å². The summed E-state index contributed by atoms with van der Waals surface area (Å²) >= 11 is 6.42. The lowest BCUT2D eigenvalue weighted by atomic mass is 10.00. The van der Waals surface area contributed by atoms with Crippen LogP contribution in [0.25, 0.3) is 0 Å². The number of hydrogen-bond donors (Lipinski definition) is 3. The number of anilines is 2. The van der Waals surface area contributed by atoms with Gasteiger partial charge in [-0.3, -0.25) is 0 Å². The van der Waals surface area contributed by atoms with E-state index in [1.54, 1.807) is 20.1 Å². The SMILES string of the molecule is CCOC(=O)/C=C/CNCCCCN1c2cc(Cl)ccc2CCc2c(COCCOC)cccc21.O=C(O)/C=C\C(=O)O. The quantitative estimate of drug-likeness (QED) is 0.135. The van der Waals surface area contributed by atoms with E-state index >= 15 is 0 Å². The van der Waals surface area contributed by atoms with Crippen molar-refractivity contribution < 1.29 is 38.8 Å². The number of aliphatic carboxylic acids is 2. The number of fused-ring (bicyclic) bond motifs is 2. The number of hydrogen-bond acceptors (Lipinski definition) is 8. The number of aryl methyl sites for hydroxylation is 1. The first kappa shape index (κ1) is 35.5. The Hall–Kier alpha value is -3.70. The zero-order chi connectivity index (χ0) is 31.5. The number of halogens is 1. The monoisotopic (exact) mass is 616 g/mol. The molecule has 0 fully saturated rings. The molecule has 1 heterocycles. The maximum atomic E-state index is 11.4. The number of unbranched alkanes of at least 4 members (excludes halogenated alkanes) is 1. The van der Waals surface area contributed by atoms with Crippen LogP contribution < -0.4 is 10.2 Å². The molecular formula is C32H41ClN2O8. The Labute approximate surface area is 257 Å². The van der Waals surface area contributed by atoms with Crippen molar-refractivity contribution in [2.24, 2.45) is 0 Å². The van der Waals surface area contributed by atoms with Crippen LogP contribution in [-0.2, 0) is 48.0 Å². The van der Waals surface area contributed by atoms with E-state index in [2.05, 4.69) is 40.5 Å². The van der Waals surface area contributed by atoms with E-state index in [9.17, 15) is 14.4 Å². The van der Waals surface area contributed by atoms with Gasteiger partial charge in [0.1, 0.15) is 0 Å². The number of methoxy groups -OCH3 is 1. The van der Waals surface area contributed by atoms with Gasteiger partial charge in [-0.25, -0.2) is 14.4 Å². The number of nitrogens with zero attached hydrogens (tertiary/aromatic N) is 1. The van der Waals surface area contributed by atoms with Crippen LogP contribution in [0.5, 0.6) is 0 Å². The van der Waals surface area contributed by atoms with Gasteiger partial charge in [0.25, 0.3) is 0 Å². The van der Waals surface area contributed by atoms with Crippen LogP contribution in [0.3, 0.4) is 0 Å². The summed E-state index contributed by atoms with van der Waals surface area (Å²) in [4.78, 5) is 32.9. The molecule has 2 aromatic carbocycles. The molecule has 11 heteroatoms. The van der Waals surface area contributed by atoms with E-state index in [1.165, 1.54) is 34.1 Å². The van der Waals surface area contributed by atoms with Crippen molar-refractivity contribution in [3.8, 4) is 0 Å². The molecule has 0 saturated heterocycles. The van der Waals surface area contributed by atoms with Crippen LogP contribution in [0.1, 0.15) is 36.5 Å². The average Bonchev–Trinajstić information content (AvgIpc) is 3.13. The van der Waals surface area contributed by atoms with Gasteiger partial charge in [-0.15, -0.1) is 0 Å². The van der Waals surface area contributed by atoms with Gasteiger partial charge >= 0.3 is 17.9 Å². The number of nitrogens with one attached hydrogen (secondary N) is 1. The molecule has 0 bridgehead atoms. The van der Waals surface area contributed by atoms with E-state index in [0.29, 0.717) is 45.1 Å². The van der Waals surface area contributed by atoms with E-state index in [-0.39, 0.29) is 5.97 Å². The van der Waals surface area contributed by atoms with Gasteiger partial charge in [-0.05, 0) is 74.0 Å². The van der Waals surface area contributed by atoms with E-state index in [1.807, 2.05) is 6.07 Å². The number of esters is 1. The molecule has 0 aliphatic carbocycles. The molecule has 0 aromatic heterocycles. The fraction of sp³-hybridized carbons (Fsp3) is 0.406. The smallest absolute Gasteiger partial charge is 0.330 e. The molecule has 43 heavy (non-hydrogen) atoms. The number of carboxylic acid groups (broad SMARTS) is 2. The predicted molar refractivity (Wildman–Crippen MR) is 166 cm³/mol. The van der Waals surface area contributed by atoms with Gasteiger partial charge in [0.2, 0.25) is 0 Å². The van der Waals surface area contributed by atoms with Crippen LogP contribution in [0, 0.1) is 0 Å². The summed E-state index contributed by atoms with van der Waals surface area (Å²) in [6.07, 6.45) is 8.38. The van der Waals surface area contributed by atoms with Crippen molar-refractivity contribution in [3.63, 3.8) is 0 Å². The normalized spacial score (nSPS) is 12.3. The van der Waals surface area contributed by atoms with Crippen LogP contribution in [0.15, 0.2) is 60.7 Å². The molecule has 2 aromatic rings. The number of carbonyl (C=O) groups is 3. The minimum Gasteiger partial charge on any atom is -0.478 e. The highest BCUT2D eigenvalue weighted by Gasteiger charge is 2.22. The molecule has 0 saturated carbocycles. The number of rotatable bonds is 16. The second-order valence-electron chi connectivity index (χ2n) is 9.46. The van der Waals surface area contributed by atoms with E-state index < -0.39 is 11.9 Å². The third-order valence-electron chi connectivity index (χ3n) is 6.37. The molecule has 0 amide bonds. The summed E-state index contributed by atoms with van der Waals surface area (Å²) in [5.41, 5.74) is 6.33. The van der Waals surface area contributed by atoms with Gasteiger partial charge in [-0.2, -0.15) is 0 Å². The molecule has 0 radical (unpaired) electrons. The Bertz CT molecular complexity index is 1230. The first-order valence-electron chi connectivity index (χ1n) is 14.2. The van der Waals surface area contributed by atoms with Gasteiger partial charge in [0.15, 0.2) is 0 Å². The minimum atomic E-state index is -1.26. The zero-order valence-corrected chi connectivity index (χ0v) is 25.5. The standard InChI is InChI=1S/C28H37ClN2O4.C4H4O4/c1-3-35-28(32)10-7-16-30-15-4-5-17-31-26-9-6-8-23(21-34-19-18-33-2)25(26)14-12-22-11-13-24(29)20-27(22)31;5-3(6)1-2-4(7)8/h6-11,13,20,30H,3-5,12,14-19,21H2,1-2H3;1-2H,(H,5,6)(H,7,8)/b10-7+;2-1-. The van der Waals surface area contributed by atoms with E-state index in [0.717, 1.165) is 43.8 Å². The molecule has 1 aliphatic rings. The Balaban J connectivity index is 0.000000708. The summed E-state index contributed by atoms with van der Waals surface area (Å²) in [5.74, 6) is -2.81. The largest absolute Gasteiger partial charge is 0.478 e. The molecular weight excluding hydrogens is 576 g/mol. The molecule has 234 valence electrons. The Morgan fingerprint density at radius 3 is 2.47 bits per heavy atom. The summed E-state index contributed by atoms with van der Waals surface area (Å²) in [7, 11) is 1.69. The molecule has 1 aliphatic heterocycles. The molecule has 3 rings (SSSR count). The lowest BCUT2D eigenvalue weighted by molar-refractivity contribution is -0.137. The lowest BCUT2D eigenvalue weighted by Gasteiger charge is -2.28. The summed E-state index contributed by atoms with van der Waals surface area (Å²) < 4.78 is 15.9. The molecule has 10 nitrogen and oxygen atoms in total. The Morgan fingerprint density at radius 1 is 1.00 bits per heavy atom. The van der Waals surface area contributed by atoms with Crippen LogP contribution in [0.4, 0.5) is 11.4 Å². The van der Waals surface area contributed by atoms with Crippen molar-refractivity contribution in [1.82, 2.24) is 5.32 Å². The second kappa shape index (κ2) is 20.2. The maximum Gasteiger partial charge on any atom is 0.330 e. The molecule has 3 N–H and O–H groups in total. The van der Waals surface area contributed by atoms with Gasteiger partial charge in [0, 0.05) is 54.8 Å². The van der Waals surface area contributed by atoms with Crippen molar-refractivity contribution >= 4 is 40.9 Å².